The summed E-state index contributed by atoms with van der Waals surface area (Å²) in [5, 5.41) is 42.1. The second-order valence-corrected chi connectivity index (χ2v) is 13.0. The minimum absolute atomic E-state index is 0.00795. The third kappa shape index (κ3) is 6.89. The molecule has 0 aromatic heterocycles. The number of phenolic OH excluding ortho intramolecular Hbond substituents is 2. The van der Waals surface area contributed by atoms with Gasteiger partial charge in [0, 0.05) is 29.9 Å². The molecule has 0 bridgehead atoms. The Balaban J connectivity index is 2.32. The second-order valence-electron chi connectivity index (χ2n) is 13.0. The highest BCUT2D eigenvalue weighted by molar-refractivity contribution is 5.68. The Kier molecular flexibility index (Phi) is 8.85. The molecule has 2 aromatic carbocycles. The van der Waals surface area contributed by atoms with Crippen LogP contribution < -0.4 is 0 Å². The van der Waals surface area contributed by atoms with Gasteiger partial charge in [-0.25, -0.2) is 0 Å². The van der Waals surface area contributed by atoms with Crippen molar-refractivity contribution in [1.29, 1.82) is 0 Å². The Morgan fingerprint density at radius 1 is 0.737 bits per heavy atom. The molecule has 208 valence electrons. The van der Waals surface area contributed by atoms with E-state index in [0.29, 0.717) is 12.8 Å². The van der Waals surface area contributed by atoms with Crippen LogP contribution in [0.4, 0.5) is 0 Å². The fraction of sp³-hybridized carbons (Fsp3) is 0.562. The molecule has 3 rings (SSSR count). The summed E-state index contributed by atoms with van der Waals surface area (Å²) < 4.78 is 0. The van der Waals surface area contributed by atoms with Gasteiger partial charge in [-0.1, -0.05) is 78.6 Å². The van der Waals surface area contributed by atoms with Crippen molar-refractivity contribution in [2.45, 2.75) is 110 Å². The maximum absolute atomic E-state index is 11.7. The van der Waals surface area contributed by atoms with Gasteiger partial charge >= 0.3 is 11.9 Å². The number of aliphatic carboxylic acids is 2. The van der Waals surface area contributed by atoms with E-state index in [1.807, 2.05) is 65.8 Å². The predicted molar refractivity (Wildman–Crippen MR) is 149 cm³/mol. The fourth-order valence-electron chi connectivity index (χ4n) is 5.81. The Labute approximate surface area is 226 Å². The lowest BCUT2D eigenvalue weighted by Crippen LogP contribution is -2.19. The van der Waals surface area contributed by atoms with E-state index in [2.05, 4.69) is 0 Å². The number of aryl methyl sites for hydroxylation is 2. The number of benzene rings is 2. The molecule has 0 spiro atoms. The monoisotopic (exact) mass is 524 g/mol. The second kappa shape index (κ2) is 11.4. The van der Waals surface area contributed by atoms with Crippen molar-refractivity contribution in [1.82, 2.24) is 0 Å². The van der Waals surface area contributed by atoms with Gasteiger partial charge in [-0.3, -0.25) is 9.59 Å². The molecule has 4 N–H and O–H groups in total. The van der Waals surface area contributed by atoms with Gasteiger partial charge in [-0.2, -0.15) is 0 Å². The van der Waals surface area contributed by atoms with Crippen LogP contribution >= 0.6 is 0 Å². The molecule has 0 saturated heterocycles. The van der Waals surface area contributed by atoms with Crippen molar-refractivity contribution in [2.24, 2.45) is 5.92 Å². The van der Waals surface area contributed by atoms with Gasteiger partial charge in [-0.05, 0) is 64.7 Å². The summed E-state index contributed by atoms with van der Waals surface area (Å²) in [6.45, 7) is 12.2. The van der Waals surface area contributed by atoms with Gasteiger partial charge in [0.25, 0.3) is 0 Å². The van der Waals surface area contributed by atoms with Gasteiger partial charge in [0.1, 0.15) is 11.5 Å². The van der Waals surface area contributed by atoms with Crippen LogP contribution in [-0.4, -0.2) is 32.4 Å². The number of carbonyl (C=O) groups is 2. The number of aromatic hydroxyl groups is 2. The van der Waals surface area contributed by atoms with E-state index < -0.39 is 11.9 Å². The zero-order valence-corrected chi connectivity index (χ0v) is 23.7. The SMILES string of the molecule is CC(C)(C)c1cc(CCC(=O)O)cc(C(c2cc(CCC(=O)O)cc(C(C)(C)C)c2O)C2CCCC2)c1O. The van der Waals surface area contributed by atoms with Crippen LogP contribution in [0.3, 0.4) is 0 Å². The maximum atomic E-state index is 11.7. The van der Waals surface area contributed by atoms with Crippen molar-refractivity contribution < 1.29 is 30.0 Å². The summed E-state index contributed by atoms with van der Waals surface area (Å²) in [7, 11) is 0. The first-order chi connectivity index (χ1) is 17.6. The molecular weight excluding hydrogens is 480 g/mol. The molecule has 0 amide bonds. The Morgan fingerprint density at radius 2 is 1.11 bits per heavy atom. The van der Waals surface area contributed by atoms with E-state index in [-0.39, 0.29) is 47.0 Å². The minimum Gasteiger partial charge on any atom is -0.507 e. The smallest absolute Gasteiger partial charge is 0.303 e. The standard InChI is InChI=1S/C32H44O6/c1-31(2,3)24-17-19(11-13-26(33)34)15-22(29(24)37)28(21-9-7-8-10-21)23-16-20(12-14-27(35)36)18-25(30(23)38)32(4,5)6/h15-18,21,28,37-38H,7-14H2,1-6H3,(H,33,34)(H,35,36). The van der Waals surface area contributed by atoms with Crippen molar-refractivity contribution in [3.8, 4) is 11.5 Å². The normalized spacial score (nSPS) is 14.8. The largest absolute Gasteiger partial charge is 0.507 e. The number of hydrogen-bond donors (Lipinski definition) is 4. The average Bonchev–Trinajstić information content (AvgIpc) is 3.32. The minimum atomic E-state index is -0.872. The molecule has 1 aliphatic carbocycles. The molecule has 0 atom stereocenters. The lowest BCUT2D eigenvalue weighted by Gasteiger charge is -2.32. The predicted octanol–water partition coefficient (Wildman–Crippen LogP) is 7.05. The van der Waals surface area contributed by atoms with Crippen molar-refractivity contribution in [2.75, 3.05) is 0 Å². The molecule has 2 aromatic rings. The molecule has 1 saturated carbocycles. The van der Waals surface area contributed by atoms with Gasteiger partial charge in [0.05, 0.1) is 0 Å². The molecule has 1 aliphatic rings. The molecule has 38 heavy (non-hydrogen) atoms. The first kappa shape index (κ1) is 29.5. The van der Waals surface area contributed by atoms with Gasteiger partial charge in [0.15, 0.2) is 0 Å². The van der Waals surface area contributed by atoms with Crippen LogP contribution in [0.5, 0.6) is 11.5 Å². The molecule has 0 aliphatic heterocycles. The summed E-state index contributed by atoms with van der Waals surface area (Å²) >= 11 is 0. The highest BCUT2D eigenvalue weighted by Gasteiger charge is 2.35. The van der Waals surface area contributed by atoms with Crippen molar-refractivity contribution >= 4 is 11.9 Å². The highest BCUT2D eigenvalue weighted by Crippen LogP contribution is 2.51. The number of phenols is 2. The molecule has 0 unspecified atom stereocenters. The quantitative estimate of drug-likeness (QED) is 0.279. The Morgan fingerprint density at radius 3 is 1.42 bits per heavy atom. The molecular formula is C32H44O6. The van der Waals surface area contributed by atoms with E-state index in [0.717, 1.165) is 59.1 Å². The van der Waals surface area contributed by atoms with E-state index >= 15 is 0 Å². The summed E-state index contributed by atoms with van der Waals surface area (Å²) in [6.07, 6.45) is 4.73. The number of rotatable bonds is 9. The van der Waals surface area contributed by atoms with E-state index in [1.54, 1.807) is 0 Å². The Bertz CT molecular complexity index is 1090. The third-order valence-electron chi connectivity index (χ3n) is 7.81. The summed E-state index contributed by atoms with van der Waals surface area (Å²) in [5.41, 5.74) is 3.91. The van der Waals surface area contributed by atoms with E-state index in [4.69, 9.17) is 0 Å². The van der Waals surface area contributed by atoms with Gasteiger partial charge in [-0.15, -0.1) is 0 Å². The molecule has 0 heterocycles. The van der Waals surface area contributed by atoms with Crippen molar-refractivity contribution in [3.63, 3.8) is 0 Å². The number of carboxylic acids is 2. The van der Waals surface area contributed by atoms with Crippen LogP contribution in [0.1, 0.15) is 119 Å². The fourth-order valence-corrected chi connectivity index (χ4v) is 5.81. The lowest BCUT2D eigenvalue weighted by molar-refractivity contribution is -0.138. The average molecular weight is 525 g/mol. The first-order valence-corrected chi connectivity index (χ1v) is 13.8. The van der Waals surface area contributed by atoms with E-state index in [9.17, 15) is 30.0 Å². The Hall–Kier alpha value is -3.02. The van der Waals surface area contributed by atoms with Crippen LogP contribution in [0.2, 0.25) is 0 Å². The zero-order chi connectivity index (χ0) is 28.4. The molecule has 6 heteroatoms. The molecule has 0 radical (unpaired) electrons. The number of hydrogen-bond acceptors (Lipinski definition) is 4. The summed E-state index contributed by atoms with van der Waals surface area (Å²) in [5.74, 6) is -1.46. The van der Waals surface area contributed by atoms with Crippen LogP contribution in [0, 0.1) is 5.92 Å². The van der Waals surface area contributed by atoms with Crippen LogP contribution in [0.15, 0.2) is 24.3 Å². The molecule has 6 nitrogen and oxygen atoms in total. The number of carboxylic acid groups (broad SMARTS) is 2. The lowest BCUT2D eigenvalue weighted by atomic mass is 9.73. The summed E-state index contributed by atoms with van der Waals surface area (Å²) in [4.78, 5) is 22.7. The van der Waals surface area contributed by atoms with Gasteiger partial charge < -0.3 is 20.4 Å². The van der Waals surface area contributed by atoms with E-state index in [1.165, 1.54) is 0 Å². The van der Waals surface area contributed by atoms with Gasteiger partial charge in [0.2, 0.25) is 0 Å². The molecule has 1 fully saturated rings. The third-order valence-corrected chi connectivity index (χ3v) is 7.81. The van der Waals surface area contributed by atoms with Crippen LogP contribution in [-0.2, 0) is 33.3 Å². The summed E-state index contributed by atoms with van der Waals surface area (Å²) in [6, 6.07) is 7.68. The van der Waals surface area contributed by atoms with Crippen LogP contribution in [0.25, 0.3) is 0 Å². The maximum Gasteiger partial charge on any atom is 0.303 e. The van der Waals surface area contributed by atoms with Crippen molar-refractivity contribution in [3.05, 3.63) is 57.6 Å². The zero-order valence-electron chi connectivity index (χ0n) is 23.7. The highest BCUT2D eigenvalue weighted by atomic mass is 16.4. The topological polar surface area (TPSA) is 115 Å². The first-order valence-electron chi connectivity index (χ1n) is 13.8.